The molecular weight excluding hydrogens is 266 g/mol. The van der Waals surface area contributed by atoms with Crippen molar-refractivity contribution in [1.29, 1.82) is 0 Å². The molecule has 1 aliphatic rings. The molecule has 2 rings (SSSR count). The van der Waals surface area contributed by atoms with E-state index in [1.54, 1.807) is 4.90 Å². The minimum atomic E-state index is -0.841. The number of amides is 1. The van der Waals surface area contributed by atoms with E-state index in [2.05, 4.69) is 10.3 Å². The average molecular weight is 284 g/mol. The Morgan fingerprint density at radius 2 is 2.10 bits per heavy atom. The second kappa shape index (κ2) is 6.02. The molecule has 7 heteroatoms. The van der Waals surface area contributed by atoms with Crippen molar-refractivity contribution in [2.24, 2.45) is 5.92 Å². The molecular formula is C13H18F2N4O. The van der Waals surface area contributed by atoms with Crippen molar-refractivity contribution in [2.45, 2.75) is 19.8 Å². The number of carbonyl (C=O) groups excluding carboxylic acids is 1. The van der Waals surface area contributed by atoms with E-state index < -0.39 is 11.6 Å². The first-order chi connectivity index (χ1) is 9.47. The van der Waals surface area contributed by atoms with Crippen LogP contribution in [0.4, 0.5) is 20.4 Å². The van der Waals surface area contributed by atoms with Gasteiger partial charge in [0.2, 0.25) is 5.91 Å². The van der Waals surface area contributed by atoms with Gasteiger partial charge in [-0.15, -0.1) is 0 Å². The predicted molar refractivity (Wildman–Crippen MR) is 72.2 cm³/mol. The van der Waals surface area contributed by atoms with Gasteiger partial charge in [-0.3, -0.25) is 4.79 Å². The summed E-state index contributed by atoms with van der Waals surface area (Å²) in [4.78, 5) is 16.4. The second-order valence-electron chi connectivity index (χ2n) is 5.03. The lowest BCUT2D eigenvalue weighted by Gasteiger charge is -2.33. The Hall–Kier alpha value is -1.92. The van der Waals surface area contributed by atoms with Crippen LogP contribution in [0, 0.1) is 17.6 Å². The summed E-state index contributed by atoms with van der Waals surface area (Å²) in [5, 5.41) is 2.78. The maximum Gasteiger partial charge on any atom is 0.216 e. The average Bonchev–Trinajstić information content (AvgIpc) is 2.41. The Morgan fingerprint density at radius 3 is 2.70 bits per heavy atom. The highest BCUT2D eigenvalue weighted by Crippen LogP contribution is 2.25. The minimum Gasteiger partial charge on any atom is -0.381 e. The van der Waals surface area contributed by atoms with Crippen LogP contribution in [-0.4, -0.2) is 30.5 Å². The van der Waals surface area contributed by atoms with Crippen LogP contribution < -0.4 is 16.0 Å². The van der Waals surface area contributed by atoms with Crippen LogP contribution in [-0.2, 0) is 4.79 Å². The molecule has 0 atom stereocenters. The fourth-order valence-electron chi connectivity index (χ4n) is 2.33. The molecule has 1 fully saturated rings. The first kappa shape index (κ1) is 14.5. The van der Waals surface area contributed by atoms with Gasteiger partial charge < -0.3 is 16.0 Å². The SMILES string of the molecule is CC(=O)NCC1CCN(c2nc(N)c(F)cc2F)CC1. The summed E-state index contributed by atoms with van der Waals surface area (Å²) in [6.45, 7) is 3.33. The largest absolute Gasteiger partial charge is 0.381 e. The van der Waals surface area contributed by atoms with Gasteiger partial charge in [0, 0.05) is 32.6 Å². The Balaban J connectivity index is 1.97. The molecule has 1 aliphatic heterocycles. The summed E-state index contributed by atoms with van der Waals surface area (Å²) in [5.41, 5.74) is 5.38. The van der Waals surface area contributed by atoms with Crippen LogP contribution in [0.3, 0.4) is 0 Å². The van der Waals surface area contributed by atoms with Crippen molar-refractivity contribution in [1.82, 2.24) is 10.3 Å². The van der Waals surface area contributed by atoms with Gasteiger partial charge in [0.1, 0.15) is 0 Å². The Bertz CT molecular complexity index is 501. The number of anilines is 2. The number of halogens is 2. The van der Waals surface area contributed by atoms with Crippen molar-refractivity contribution in [3.05, 3.63) is 17.7 Å². The van der Waals surface area contributed by atoms with E-state index in [1.807, 2.05) is 0 Å². The number of nitrogen functional groups attached to an aromatic ring is 1. The maximum absolute atomic E-state index is 13.7. The van der Waals surface area contributed by atoms with Gasteiger partial charge in [0.25, 0.3) is 0 Å². The molecule has 0 spiro atoms. The lowest BCUT2D eigenvalue weighted by atomic mass is 9.97. The van der Waals surface area contributed by atoms with Gasteiger partial charge in [-0.25, -0.2) is 13.8 Å². The molecule has 1 aromatic heterocycles. The standard InChI is InChI=1S/C13H18F2N4O/c1-8(20)17-7-9-2-4-19(5-3-9)13-11(15)6-10(14)12(16)18-13/h6,9H,2-5,7H2,1H3,(H2,16,18)(H,17,20). The van der Waals surface area contributed by atoms with Crippen LogP contribution in [0.2, 0.25) is 0 Å². The summed E-state index contributed by atoms with van der Waals surface area (Å²) >= 11 is 0. The zero-order chi connectivity index (χ0) is 14.7. The van der Waals surface area contributed by atoms with Gasteiger partial charge in [-0.05, 0) is 18.8 Å². The number of nitrogens with two attached hydrogens (primary N) is 1. The third-order valence-corrected chi connectivity index (χ3v) is 3.49. The molecule has 0 saturated carbocycles. The van der Waals surface area contributed by atoms with Gasteiger partial charge in [0.05, 0.1) is 0 Å². The van der Waals surface area contributed by atoms with Crippen LogP contribution in [0.15, 0.2) is 6.07 Å². The maximum atomic E-state index is 13.7. The molecule has 0 bridgehead atoms. The summed E-state index contributed by atoms with van der Waals surface area (Å²) in [6, 6.07) is 0.765. The Morgan fingerprint density at radius 1 is 1.45 bits per heavy atom. The number of hydrogen-bond donors (Lipinski definition) is 2. The van der Waals surface area contributed by atoms with Crippen molar-refractivity contribution < 1.29 is 13.6 Å². The van der Waals surface area contributed by atoms with Crippen molar-refractivity contribution >= 4 is 17.5 Å². The van der Waals surface area contributed by atoms with E-state index in [4.69, 9.17) is 5.73 Å². The fourth-order valence-corrected chi connectivity index (χ4v) is 2.33. The molecule has 1 amide bonds. The van der Waals surface area contributed by atoms with Crippen LogP contribution in [0.5, 0.6) is 0 Å². The van der Waals surface area contributed by atoms with Gasteiger partial charge in [0.15, 0.2) is 23.3 Å². The van der Waals surface area contributed by atoms with Gasteiger partial charge >= 0.3 is 0 Å². The lowest BCUT2D eigenvalue weighted by Crippen LogP contribution is -2.39. The normalized spacial score (nSPS) is 16.2. The highest BCUT2D eigenvalue weighted by Gasteiger charge is 2.23. The highest BCUT2D eigenvalue weighted by molar-refractivity contribution is 5.72. The Kier molecular flexibility index (Phi) is 4.36. The zero-order valence-electron chi connectivity index (χ0n) is 11.3. The second-order valence-corrected chi connectivity index (χ2v) is 5.03. The summed E-state index contributed by atoms with van der Waals surface area (Å²) in [6.07, 6.45) is 1.64. The lowest BCUT2D eigenvalue weighted by molar-refractivity contribution is -0.119. The van der Waals surface area contributed by atoms with E-state index in [0.717, 1.165) is 18.9 Å². The molecule has 0 unspecified atom stereocenters. The summed E-state index contributed by atoms with van der Waals surface area (Å²) in [7, 11) is 0. The molecule has 0 radical (unpaired) electrons. The topological polar surface area (TPSA) is 71.2 Å². The van der Waals surface area contributed by atoms with E-state index in [-0.39, 0.29) is 17.5 Å². The van der Waals surface area contributed by atoms with Crippen molar-refractivity contribution in [2.75, 3.05) is 30.3 Å². The minimum absolute atomic E-state index is 0.0496. The van der Waals surface area contributed by atoms with Crippen molar-refractivity contribution in [3.63, 3.8) is 0 Å². The van der Waals surface area contributed by atoms with Gasteiger partial charge in [-0.2, -0.15) is 0 Å². The zero-order valence-corrected chi connectivity index (χ0v) is 11.3. The number of carbonyl (C=O) groups is 1. The van der Waals surface area contributed by atoms with Crippen LogP contribution in [0.1, 0.15) is 19.8 Å². The molecule has 1 saturated heterocycles. The van der Waals surface area contributed by atoms with Crippen molar-refractivity contribution in [3.8, 4) is 0 Å². The van der Waals surface area contributed by atoms with E-state index >= 15 is 0 Å². The van der Waals surface area contributed by atoms with Crippen LogP contribution in [0.25, 0.3) is 0 Å². The highest BCUT2D eigenvalue weighted by atomic mass is 19.1. The molecule has 110 valence electrons. The third kappa shape index (κ3) is 3.34. The van der Waals surface area contributed by atoms with Crippen LogP contribution >= 0.6 is 0 Å². The van der Waals surface area contributed by atoms with E-state index in [9.17, 15) is 13.6 Å². The Labute approximate surface area is 116 Å². The smallest absolute Gasteiger partial charge is 0.216 e. The molecule has 0 aliphatic carbocycles. The molecule has 2 heterocycles. The first-order valence-electron chi connectivity index (χ1n) is 6.58. The van der Waals surface area contributed by atoms with Gasteiger partial charge in [-0.1, -0.05) is 0 Å². The van der Waals surface area contributed by atoms with E-state index in [1.165, 1.54) is 6.92 Å². The third-order valence-electron chi connectivity index (χ3n) is 3.49. The number of pyridine rings is 1. The molecule has 3 N–H and O–H groups in total. The molecule has 20 heavy (non-hydrogen) atoms. The number of nitrogens with zero attached hydrogens (tertiary/aromatic N) is 2. The fraction of sp³-hybridized carbons (Fsp3) is 0.538. The number of rotatable bonds is 3. The molecule has 5 nitrogen and oxygen atoms in total. The first-order valence-corrected chi connectivity index (χ1v) is 6.58. The molecule has 1 aromatic rings. The summed E-state index contributed by atoms with van der Waals surface area (Å²) < 4.78 is 26.8. The number of piperidine rings is 1. The monoisotopic (exact) mass is 284 g/mol. The predicted octanol–water partition coefficient (Wildman–Crippen LogP) is 1.29. The summed E-state index contributed by atoms with van der Waals surface area (Å²) in [5.74, 6) is -1.41. The number of aromatic nitrogens is 1. The molecule has 0 aromatic carbocycles. The number of nitrogens with one attached hydrogen (secondary N) is 1. The quantitative estimate of drug-likeness (QED) is 0.877. The van der Waals surface area contributed by atoms with E-state index in [0.29, 0.717) is 25.6 Å². The number of hydrogen-bond acceptors (Lipinski definition) is 4.